The van der Waals surface area contributed by atoms with Crippen LogP contribution in [-0.4, -0.2) is 21.0 Å². The summed E-state index contributed by atoms with van der Waals surface area (Å²) in [5, 5.41) is 4.76. The van der Waals surface area contributed by atoms with E-state index in [0.717, 1.165) is 25.0 Å². The topological polar surface area (TPSA) is 86.5 Å². The summed E-state index contributed by atoms with van der Waals surface area (Å²) in [6.45, 7) is 4.00. The minimum Gasteiger partial charge on any atom is -0.462 e. The largest absolute Gasteiger partial charge is 0.462 e. The van der Waals surface area contributed by atoms with Gasteiger partial charge in [0.2, 0.25) is 10.0 Å². The molecule has 0 aliphatic carbocycles. The fraction of sp³-hybridized carbons (Fsp3) is 0.462. The van der Waals surface area contributed by atoms with E-state index in [4.69, 9.17) is 21.5 Å². The average Bonchev–Trinajstić information content (AvgIpc) is 2.37. The molecule has 0 radical (unpaired) electrons. The van der Waals surface area contributed by atoms with Crippen molar-refractivity contribution in [1.29, 1.82) is 0 Å². The molecule has 5 nitrogen and oxygen atoms in total. The molecular weight excluding hydrogens is 321 g/mol. The van der Waals surface area contributed by atoms with Crippen molar-refractivity contribution in [2.24, 2.45) is 11.1 Å². The summed E-state index contributed by atoms with van der Waals surface area (Å²) in [5.74, 6) is -2.10. The molecule has 21 heavy (non-hydrogen) atoms. The predicted octanol–water partition coefficient (Wildman–Crippen LogP) is 2.72. The summed E-state index contributed by atoms with van der Waals surface area (Å²) in [6.07, 6.45) is 1.79. The van der Waals surface area contributed by atoms with E-state index in [1.165, 1.54) is 0 Å². The van der Waals surface area contributed by atoms with Crippen LogP contribution in [0.5, 0.6) is 0 Å². The van der Waals surface area contributed by atoms with Crippen molar-refractivity contribution >= 4 is 27.6 Å². The molecule has 0 spiro atoms. The van der Waals surface area contributed by atoms with E-state index in [0.29, 0.717) is 0 Å². The van der Waals surface area contributed by atoms with Gasteiger partial charge in [-0.25, -0.2) is 22.7 Å². The summed E-state index contributed by atoms with van der Waals surface area (Å²) in [5.41, 5.74) is -0.546. The fourth-order valence-corrected chi connectivity index (χ4v) is 2.73. The number of nitrogens with two attached hydrogens (primary N) is 1. The van der Waals surface area contributed by atoms with E-state index in [1.54, 1.807) is 0 Å². The molecule has 0 saturated carbocycles. The minimum absolute atomic E-state index is 0.114. The van der Waals surface area contributed by atoms with Gasteiger partial charge in [0.05, 0.1) is 12.2 Å². The molecule has 0 saturated heterocycles. The van der Waals surface area contributed by atoms with Crippen molar-refractivity contribution in [2.75, 3.05) is 6.61 Å². The van der Waals surface area contributed by atoms with E-state index >= 15 is 0 Å². The Morgan fingerprint density at radius 3 is 2.62 bits per heavy atom. The molecule has 0 bridgehead atoms. The van der Waals surface area contributed by atoms with Crippen molar-refractivity contribution in [3.63, 3.8) is 0 Å². The Morgan fingerprint density at radius 1 is 1.48 bits per heavy atom. The van der Waals surface area contributed by atoms with Gasteiger partial charge in [0.25, 0.3) is 0 Å². The monoisotopic (exact) mass is 337 g/mol. The Morgan fingerprint density at radius 2 is 2.10 bits per heavy atom. The molecule has 1 rings (SSSR count). The van der Waals surface area contributed by atoms with Gasteiger partial charge in [-0.15, -0.1) is 0 Å². The molecule has 0 amide bonds. The molecule has 1 unspecified atom stereocenters. The summed E-state index contributed by atoms with van der Waals surface area (Å²) >= 11 is 5.69. The van der Waals surface area contributed by atoms with Crippen LogP contribution in [0.15, 0.2) is 17.0 Å². The summed E-state index contributed by atoms with van der Waals surface area (Å²) in [6, 6.07) is 1.86. The lowest BCUT2D eigenvalue weighted by Crippen LogP contribution is -2.18. The zero-order valence-electron chi connectivity index (χ0n) is 11.7. The Kier molecular flexibility index (Phi) is 6.12. The van der Waals surface area contributed by atoms with Gasteiger partial charge in [0.1, 0.15) is 4.90 Å². The highest BCUT2D eigenvalue weighted by atomic mass is 35.5. The number of carbonyl (C=O) groups is 1. The van der Waals surface area contributed by atoms with E-state index in [2.05, 4.69) is 0 Å². The van der Waals surface area contributed by atoms with Gasteiger partial charge in [0, 0.05) is 5.02 Å². The second-order valence-electron chi connectivity index (χ2n) is 4.80. The van der Waals surface area contributed by atoms with Gasteiger partial charge in [-0.1, -0.05) is 31.9 Å². The lowest BCUT2D eigenvalue weighted by Gasteiger charge is -2.12. The van der Waals surface area contributed by atoms with E-state index in [-0.39, 0.29) is 17.5 Å². The highest BCUT2D eigenvalue weighted by Crippen LogP contribution is 2.23. The van der Waals surface area contributed by atoms with Crippen molar-refractivity contribution in [3.05, 3.63) is 28.5 Å². The van der Waals surface area contributed by atoms with Gasteiger partial charge in [-0.05, 0) is 24.5 Å². The smallest absolute Gasteiger partial charge is 0.341 e. The first-order chi connectivity index (χ1) is 9.66. The number of esters is 1. The highest BCUT2D eigenvalue weighted by Gasteiger charge is 2.24. The molecule has 8 heteroatoms. The number of hydrogen-bond acceptors (Lipinski definition) is 4. The summed E-state index contributed by atoms with van der Waals surface area (Å²) < 4.78 is 41.5. The highest BCUT2D eigenvalue weighted by molar-refractivity contribution is 7.89. The van der Waals surface area contributed by atoms with Crippen LogP contribution in [0, 0.1) is 11.7 Å². The van der Waals surface area contributed by atoms with Crippen molar-refractivity contribution < 1.29 is 22.3 Å². The maximum atomic E-state index is 14.1. The number of primary sulfonamides is 1. The SMILES string of the molecule is CCCC(C)COC(=O)c1cc(Cl)cc(S(N)(=O)=O)c1F. The lowest BCUT2D eigenvalue weighted by atomic mass is 10.1. The van der Waals surface area contributed by atoms with Gasteiger partial charge >= 0.3 is 5.97 Å². The number of benzene rings is 1. The first kappa shape index (κ1) is 17.9. The zero-order valence-corrected chi connectivity index (χ0v) is 13.3. The van der Waals surface area contributed by atoms with Crippen LogP contribution in [0.4, 0.5) is 4.39 Å². The number of hydrogen-bond donors (Lipinski definition) is 1. The van der Waals surface area contributed by atoms with Crippen LogP contribution in [0.1, 0.15) is 37.0 Å². The first-order valence-corrected chi connectivity index (χ1v) is 8.28. The molecule has 118 valence electrons. The summed E-state index contributed by atoms with van der Waals surface area (Å²) in [7, 11) is -4.32. The molecule has 1 aromatic rings. The van der Waals surface area contributed by atoms with Crippen LogP contribution < -0.4 is 5.14 Å². The molecule has 0 aromatic heterocycles. The average molecular weight is 338 g/mol. The maximum absolute atomic E-state index is 14.1. The molecule has 0 fully saturated rings. The second-order valence-corrected chi connectivity index (χ2v) is 6.77. The number of halogens is 2. The van der Waals surface area contributed by atoms with Gasteiger partial charge in [0.15, 0.2) is 5.82 Å². The Balaban J connectivity index is 3.03. The van der Waals surface area contributed by atoms with E-state index < -0.39 is 32.3 Å². The molecule has 1 aromatic carbocycles. The third-order valence-corrected chi connectivity index (χ3v) is 3.94. The number of rotatable bonds is 6. The minimum atomic E-state index is -4.32. The fourth-order valence-electron chi connectivity index (χ4n) is 1.79. The lowest BCUT2D eigenvalue weighted by molar-refractivity contribution is 0.0437. The van der Waals surface area contributed by atoms with Crippen LogP contribution in [-0.2, 0) is 14.8 Å². The van der Waals surface area contributed by atoms with Crippen LogP contribution in [0.2, 0.25) is 5.02 Å². The van der Waals surface area contributed by atoms with Crippen molar-refractivity contribution in [1.82, 2.24) is 0 Å². The molecular formula is C13H17ClFNO4S. The van der Waals surface area contributed by atoms with Gasteiger partial charge in [-0.3, -0.25) is 0 Å². The standard InChI is InChI=1S/C13H17ClFNO4S/c1-3-4-8(2)7-20-13(17)10-5-9(14)6-11(12(10)15)21(16,18)19/h5-6,8H,3-4,7H2,1-2H3,(H2,16,18,19). The quantitative estimate of drug-likeness (QED) is 0.808. The zero-order chi connectivity index (χ0) is 16.2. The molecule has 1 atom stereocenters. The van der Waals surface area contributed by atoms with Gasteiger partial charge < -0.3 is 4.74 Å². The number of carbonyl (C=O) groups excluding carboxylic acids is 1. The van der Waals surface area contributed by atoms with Gasteiger partial charge in [-0.2, -0.15) is 0 Å². The third kappa shape index (κ3) is 4.94. The Labute approximate surface area is 128 Å². The van der Waals surface area contributed by atoms with Crippen LogP contribution >= 0.6 is 11.6 Å². The Bertz CT molecular complexity index is 633. The maximum Gasteiger partial charge on any atom is 0.341 e. The third-order valence-electron chi connectivity index (χ3n) is 2.81. The normalized spacial score (nSPS) is 13.0. The second kappa shape index (κ2) is 7.20. The van der Waals surface area contributed by atoms with Crippen molar-refractivity contribution in [3.8, 4) is 0 Å². The van der Waals surface area contributed by atoms with Crippen LogP contribution in [0.25, 0.3) is 0 Å². The number of ether oxygens (including phenoxy) is 1. The van der Waals surface area contributed by atoms with E-state index in [1.807, 2.05) is 13.8 Å². The molecule has 0 heterocycles. The summed E-state index contributed by atoms with van der Waals surface area (Å²) in [4.78, 5) is 11.0. The predicted molar refractivity (Wildman–Crippen MR) is 77.1 cm³/mol. The number of sulfonamides is 1. The first-order valence-electron chi connectivity index (χ1n) is 6.35. The van der Waals surface area contributed by atoms with E-state index in [9.17, 15) is 17.6 Å². The molecule has 0 aliphatic rings. The molecule has 2 N–H and O–H groups in total. The Hall–Kier alpha value is -1.18. The molecule has 0 aliphatic heterocycles. The van der Waals surface area contributed by atoms with Crippen LogP contribution in [0.3, 0.4) is 0 Å². The van der Waals surface area contributed by atoms with Crippen molar-refractivity contribution in [2.45, 2.75) is 31.6 Å².